The Hall–Kier alpha value is -11.1. The molecular weight excluding hydrogens is 1010 g/mol. The quantitative estimate of drug-likeness (QED) is 0.149. The number of fused-ring (bicyclic) bond motifs is 14. The zero-order valence-corrected chi connectivity index (χ0v) is 45.6. The first-order valence-corrected chi connectivity index (χ1v) is 29.0. The van der Waals surface area contributed by atoms with E-state index in [1.54, 1.807) is 0 Å². The van der Waals surface area contributed by atoms with Crippen LogP contribution in [-0.2, 0) is 0 Å². The van der Waals surface area contributed by atoms with Crippen molar-refractivity contribution in [3.05, 3.63) is 291 Å². The molecule has 2 aliphatic carbocycles. The van der Waals surface area contributed by atoms with E-state index in [1.165, 1.54) is 176 Å². The lowest BCUT2D eigenvalue weighted by molar-refractivity contribution is 1.35. The Labute approximate surface area is 485 Å². The molecule has 0 bridgehead atoms. The van der Waals surface area contributed by atoms with Crippen molar-refractivity contribution in [2.75, 3.05) is 0 Å². The third-order valence-electron chi connectivity index (χ3n) is 18.2. The van der Waals surface area contributed by atoms with Gasteiger partial charge in [-0.3, -0.25) is 9.97 Å². The van der Waals surface area contributed by atoms with E-state index in [0.717, 1.165) is 11.4 Å². The molecule has 0 amide bonds. The molecule has 0 saturated carbocycles. The van der Waals surface area contributed by atoms with E-state index >= 15 is 0 Å². The van der Waals surface area contributed by atoms with Crippen LogP contribution in [-0.4, -0.2) is 9.97 Å². The van der Waals surface area contributed by atoms with E-state index < -0.39 is 0 Å². The van der Waals surface area contributed by atoms with Crippen LogP contribution < -0.4 is 0 Å². The maximum absolute atomic E-state index is 5.08. The molecule has 0 aliphatic heterocycles. The first kappa shape index (κ1) is 46.7. The van der Waals surface area contributed by atoms with E-state index in [1.807, 2.05) is 12.4 Å². The molecule has 386 valence electrons. The average molecular weight is 1060 g/mol. The maximum atomic E-state index is 5.08. The molecule has 2 heteroatoms. The third kappa shape index (κ3) is 6.98. The van der Waals surface area contributed by atoms with Crippen LogP contribution in [0, 0.1) is 0 Å². The number of benzene rings is 14. The van der Waals surface area contributed by atoms with Crippen LogP contribution in [0.4, 0.5) is 0 Å². The highest BCUT2D eigenvalue weighted by atomic mass is 14.7. The lowest BCUT2D eigenvalue weighted by Gasteiger charge is -2.17. The molecule has 0 fully saturated rings. The molecule has 0 unspecified atom stereocenters. The summed E-state index contributed by atoms with van der Waals surface area (Å²) < 4.78 is 0. The Bertz CT molecular complexity index is 5440. The first-order chi connectivity index (χ1) is 41.7. The highest BCUT2D eigenvalue weighted by molar-refractivity contribution is 6.32. The number of rotatable bonds is 7. The van der Waals surface area contributed by atoms with Crippen molar-refractivity contribution >= 4 is 64.6 Å². The predicted molar refractivity (Wildman–Crippen MR) is 354 cm³/mol. The summed E-state index contributed by atoms with van der Waals surface area (Å²) in [6, 6.07) is 104. The van der Waals surface area contributed by atoms with Gasteiger partial charge in [-0.25, -0.2) is 0 Å². The molecule has 0 spiro atoms. The van der Waals surface area contributed by atoms with Gasteiger partial charge in [0.1, 0.15) is 0 Å². The van der Waals surface area contributed by atoms with Gasteiger partial charge < -0.3 is 0 Å². The normalized spacial score (nSPS) is 12.0. The fraction of sp³-hybridized carbons (Fsp3) is 0. The van der Waals surface area contributed by atoms with Crippen LogP contribution >= 0.6 is 0 Å². The molecule has 84 heavy (non-hydrogen) atoms. The minimum atomic E-state index is 1.05. The highest BCUT2D eigenvalue weighted by Crippen LogP contribution is 2.56. The van der Waals surface area contributed by atoms with Gasteiger partial charge in [0.15, 0.2) is 0 Å². The molecule has 0 N–H and O–H groups in total. The maximum Gasteiger partial charge on any atom is 0.0787 e. The summed E-state index contributed by atoms with van der Waals surface area (Å²) >= 11 is 0. The highest BCUT2D eigenvalue weighted by Gasteiger charge is 2.30. The molecule has 2 aromatic heterocycles. The summed E-state index contributed by atoms with van der Waals surface area (Å²) in [5.41, 5.74) is 26.2. The minimum absolute atomic E-state index is 1.05. The number of nitrogens with zero attached hydrogens (tertiary/aromatic N) is 2. The van der Waals surface area contributed by atoms with Gasteiger partial charge in [-0.1, -0.05) is 224 Å². The van der Waals surface area contributed by atoms with Crippen molar-refractivity contribution in [1.29, 1.82) is 0 Å². The molecule has 18 rings (SSSR count). The predicted octanol–water partition coefficient (Wildman–Crippen LogP) is 22.4. The molecule has 2 nitrogen and oxygen atoms in total. The lowest BCUT2D eigenvalue weighted by Crippen LogP contribution is -1.91. The second kappa shape index (κ2) is 18.2. The minimum Gasteiger partial charge on any atom is -0.256 e. The van der Waals surface area contributed by atoms with Gasteiger partial charge in [-0.15, -0.1) is 0 Å². The number of hydrogen-bond donors (Lipinski definition) is 0. The second-order valence-corrected chi connectivity index (χ2v) is 22.7. The SMILES string of the molecule is c1ccc(-c2ccc3c(c2)c(-c2ccc(-c4cccc(-c5cc6c7ccc(-c8ccccc8)c8c7c(cc6c6ccc(-c7ccccc7)cc56)-c5ncccc5-8)c4)cc2)cc2c4ccc(-c5ccccc5)c5c4c(cc32)-c2ncccc2-5)cc1. The Balaban J connectivity index is 0.815. The Morgan fingerprint density at radius 1 is 0.167 bits per heavy atom. The van der Waals surface area contributed by atoms with E-state index in [0.29, 0.717) is 0 Å². The van der Waals surface area contributed by atoms with E-state index in [-0.39, 0.29) is 0 Å². The number of hydrogen-bond acceptors (Lipinski definition) is 2. The van der Waals surface area contributed by atoms with Crippen molar-refractivity contribution in [1.82, 2.24) is 9.97 Å². The molecule has 2 aliphatic rings. The summed E-state index contributed by atoms with van der Waals surface area (Å²) in [6.07, 6.45) is 3.88. The van der Waals surface area contributed by atoms with Crippen molar-refractivity contribution < 1.29 is 0 Å². The smallest absolute Gasteiger partial charge is 0.0787 e. The van der Waals surface area contributed by atoms with Crippen molar-refractivity contribution in [3.8, 4) is 123 Å². The largest absolute Gasteiger partial charge is 0.256 e. The van der Waals surface area contributed by atoms with Crippen LogP contribution in [0.2, 0.25) is 0 Å². The van der Waals surface area contributed by atoms with Crippen LogP contribution in [0.5, 0.6) is 0 Å². The second-order valence-electron chi connectivity index (χ2n) is 22.7. The van der Waals surface area contributed by atoms with Gasteiger partial charge in [0.05, 0.1) is 11.4 Å². The van der Waals surface area contributed by atoms with E-state index in [4.69, 9.17) is 9.97 Å². The van der Waals surface area contributed by atoms with Crippen LogP contribution in [0.25, 0.3) is 187 Å². The van der Waals surface area contributed by atoms with Crippen molar-refractivity contribution in [3.63, 3.8) is 0 Å². The molecule has 14 aromatic carbocycles. The number of pyridine rings is 2. The van der Waals surface area contributed by atoms with Crippen LogP contribution in [0.3, 0.4) is 0 Å². The summed E-state index contributed by atoms with van der Waals surface area (Å²) in [5, 5.41) is 14.9. The molecule has 2 heterocycles. The monoisotopic (exact) mass is 1060 g/mol. The van der Waals surface area contributed by atoms with Crippen molar-refractivity contribution in [2.45, 2.75) is 0 Å². The van der Waals surface area contributed by atoms with E-state index in [9.17, 15) is 0 Å². The fourth-order valence-electron chi connectivity index (χ4n) is 14.4. The lowest BCUT2D eigenvalue weighted by atomic mass is 9.86. The van der Waals surface area contributed by atoms with Crippen LogP contribution in [0.15, 0.2) is 291 Å². The zero-order valence-electron chi connectivity index (χ0n) is 45.6. The Morgan fingerprint density at radius 2 is 0.512 bits per heavy atom. The van der Waals surface area contributed by atoms with Gasteiger partial charge in [0.2, 0.25) is 0 Å². The summed E-state index contributed by atoms with van der Waals surface area (Å²) in [7, 11) is 0. The molecular formula is C82H48N2. The van der Waals surface area contributed by atoms with Crippen molar-refractivity contribution in [2.24, 2.45) is 0 Å². The van der Waals surface area contributed by atoms with Gasteiger partial charge in [0, 0.05) is 56.5 Å². The van der Waals surface area contributed by atoms with Gasteiger partial charge in [-0.05, 0) is 186 Å². The van der Waals surface area contributed by atoms with E-state index in [2.05, 4.69) is 279 Å². The standard InChI is InChI=1S/C82H48N2/c1-5-16-49(17-6-1)56-32-34-61-69(43-56)67(45-73-63-38-36-59(52-20-9-3-10-21-52)77-65-26-14-40-83-81(65)75(79(63)77)47-71(61)73)54-30-28-51(29-31-54)55-24-13-25-58(42-55)68-46-74-64-39-37-60(53-22-11-4-12-23-53)78-66-27-15-41-84-82(66)76(80(64)78)48-72(74)62-35-33-57(44-70(62)68)50-18-7-2-8-19-50/h1-48H. The molecule has 0 saturated heterocycles. The number of aromatic nitrogens is 2. The Morgan fingerprint density at radius 3 is 1.00 bits per heavy atom. The molecule has 0 radical (unpaired) electrons. The fourth-order valence-corrected chi connectivity index (χ4v) is 14.4. The van der Waals surface area contributed by atoms with Crippen LogP contribution in [0.1, 0.15) is 0 Å². The van der Waals surface area contributed by atoms with Gasteiger partial charge in [0.25, 0.3) is 0 Å². The Kier molecular flexibility index (Phi) is 10.1. The summed E-state index contributed by atoms with van der Waals surface area (Å²) in [4.78, 5) is 10.1. The van der Waals surface area contributed by atoms with Gasteiger partial charge >= 0.3 is 0 Å². The third-order valence-corrected chi connectivity index (χ3v) is 18.2. The summed E-state index contributed by atoms with van der Waals surface area (Å²) in [5.74, 6) is 0. The molecule has 16 aromatic rings. The average Bonchev–Trinajstić information content (AvgIpc) is 2.08. The van der Waals surface area contributed by atoms with Gasteiger partial charge in [-0.2, -0.15) is 0 Å². The topological polar surface area (TPSA) is 25.8 Å². The summed E-state index contributed by atoms with van der Waals surface area (Å²) in [6.45, 7) is 0. The zero-order chi connectivity index (χ0) is 55.0. The first-order valence-electron chi connectivity index (χ1n) is 29.0. The molecule has 0 atom stereocenters.